The van der Waals surface area contributed by atoms with Crippen molar-refractivity contribution in [3.63, 3.8) is 0 Å². The Morgan fingerprint density at radius 1 is 1.24 bits per heavy atom. The van der Waals surface area contributed by atoms with Gasteiger partial charge in [0.2, 0.25) is 0 Å². The zero-order valence-corrected chi connectivity index (χ0v) is 11.2. The van der Waals surface area contributed by atoms with Gasteiger partial charge in [-0.3, -0.25) is 0 Å². The fraction of sp³-hybridized carbons (Fsp3) is 0.500. The van der Waals surface area contributed by atoms with Crippen LogP contribution >= 0.6 is 0 Å². The second-order valence-corrected chi connectivity index (χ2v) is 5.26. The van der Waals surface area contributed by atoms with E-state index in [4.69, 9.17) is 4.74 Å². The number of carbonyl (C=O) groups excluding carboxylic acids is 1. The average Bonchev–Trinajstić information content (AvgIpc) is 2.26. The standard InChI is InChI=1S/C14H20O3/c1-14(2,3)9-11-7-6-10(13(15)17-5)8-12(11)16-4/h6-8H,9H2,1-5H3. The van der Waals surface area contributed by atoms with Crippen molar-refractivity contribution in [2.75, 3.05) is 14.2 Å². The molecule has 0 aliphatic heterocycles. The zero-order chi connectivity index (χ0) is 13.1. The van der Waals surface area contributed by atoms with Crippen LogP contribution < -0.4 is 4.74 Å². The Morgan fingerprint density at radius 3 is 2.35 bits per heavy atom. The lowest BCUT2D eigenvalue weighted by molar-refractivity contribution is 0.0600. The molecule has 0 amide bonds. The van der Waals surface area contributed by atoms with E-state index >= 15 is 0 Å². The van der Waals surface area contributed by atoms with Crippen molar-refractivity contribution in [1.82, 2.24) is 0 Å². The van der Waals surface area contributed by atoms with Crippen LogP contribution in [0.5, 0.6) is 5.75 Å². The number of hydrogen-bond donors (Lipinski definition) is 0. The first-order valence-corrected chi connectivity index (χ1v) is 5.62. The van der Waals surface area contributed by atoms with Crippen molar-refractivity contribution in [1.29, 1.82) is 0 Å². The highest BCUT2D eigenvalue weighted by atomic mass is 16.5. The van der Waals surface area contributed by atoms with Gasteiger partial charge in [-0.25, -0.2) is 4.79 Å². The number of ether oxygens (including phenoxy) is 2. The number of carbonyl (C=O) groups is 1. The first-order chi connectivity index (χ1) is 7.87. The molecule has 0 spiro atoms. The molecule has 17 heavy (non-hydrogen) atoms. The summed E-state index contributed by atoms with van der Waals surface area (Å²) in [5.41, 5.74) is 1.80. The lowest BCUT2D eigenvalue weighted by Crippen LogP contribution is -2.11. The van der Waals surface area contributed by atoms with Gasteiger partial charge in [0.1, 0.15) is 5.75 Å². The van der Waals surface area contributed by atoms with Crippen molar-refractivity contribution in [2.24, 2.45) is 5.41 Å². The maximum atomic E-state index is 11.4. The van der Waals surface area contributed by atoms with E-state index in [0.29, 0.717) is 5.56 Å². The van der Waals surface area contributed by atoms with Gasteiger partial charge in [-0.05, 0) is 29.5 Å². The van der Waals surface area contributed by atoms with Crippen molar-refractivity contribution < 1.29 is 14.3 Å². The van der Waals surface area contributed by atoms with Crippen LogP contribution in [-0.2, 0) is 11.2 Å². The lowest BCUT2D eigenvalue weighted by Gasteiger charge is -2.20. The Bertz CT molecular complexity index is 402. The summed E-state index contributed by atoms with van der Waals surface area (Å²) in [6.07, 6.45) is 0.900. The smallest absolute Gasteiger partial charge is 0.337 e. The molecule has 0 aliphatic rings. The van der Waals surface area contributed by atoms with Gasteiger partial charge in [0.15, 0.2) is 0 Å². The molecule has 1 aromatic rings. The lowest BCUT2D eigenvalue weighted by atomic mass is 9.87. The van der Waals surface area contributed by atoms with Crippen LogP contribution in [0.1, 0.15) is 36.7 Å². The van der Waals surface area contributed by atoms with E-state index in [1.807, 2.05) is 6.07 Å². The third-order valence-electron chi connectivity index (χ3n) is 2.43. The minimum absolute atomic E-state index is 0.181. The minimum Gasteiger partial charge on any atom is -0.496 e. The maximum Gasteiger partial charge on any atom is 0.337 e. The number of esters is 1. The molecular formula is C14H20O3. The third kappa shape index (κ3) is 3.77. The van der Waals surface area contributed by atoms with Crippen LogP contribution in [0.25, 0.3) is 0 Å². The monoisotopic (exact) mass is 236 g/mol. The number of benzene rings is 1. The molecule has 0 unspecified atom stereocenters. The van der Waals surface area contributed by atoms with Gasteiger partial charge < -0.3 is 9.47 Å². The molecule has 0 aromatic heterocycles. The van der Waals surface area contributed by atoms with Gasteiger partial charge >= 0.3 is 5.97 Å². The Morgan fingerprint density at radius 2 is 1.88 bits per heavy atom. The number of hydrogen-bond acceptors (Lipinski definition) is 3. The molecule has 0 radical (unpaired) electrons. The highest BCUT2D eigenvalue weighted by molar-refractivity contribution is 5.89. The van der Waals surface area contributed by atoms with Gasteiger partial charge in [0, 0.05) is 0 Å². The predicted molar refractivity (Wildman–Crippen MR) is 67.5 cm³/mol. The van der Waals surface area contributed by atoms with Crippen LogP contribution in [-0.4, -0.2) is 20.2 Å². The number of methoxy groups -OCH3 is 2. The van der Waals surface area contributed by atoms with Gasteiger partial charge in [-0.2, -0.15) is 0 Å². The number of rotatable bonds is 3. The molecule has 94 valence electrons. The van der Waals surface area contributed by atoms with E-state index in [1.165, 1.54) is 7.11 Å². The first kappa shape index (κ1) is 13.6. The van der Waals surface area contributed by atoms with E-state index in [-0.39, 0.29) is 11.4 Å². The van der Waals surface area contributed by atoms with E-state index in [0.717, 1.165) is 17.7 Å². The molecule has 0 N–H and O–H groups in total. The normalized spacial score (nSPS) is 11.1. The fourth-order valence-electron chi connectivity index (χ4n) is 1.71. The van der Waals surface area contributed by atoms with Gasteiger partial charge in [0.25, 0.3) is 0 Å². The van der Waals surface area contributed by atoms with Crippen molar-refractivity contribution >= 4 is 5.97 Å². The molecule has 1 aromatic carbocycles. The van der Waals surface area contributed by atoms with Crippen molar-refractivity contribution in [3.8, 4) is 5.75 Å². The summed E-state index contributed by atoms with van der Waals surface area (Å²) < 4.78 is 10.0. The molecule has 0 aliphatic carbocycles. The van der Waals surface area contributed by atoms with Crippen molar-refractivity contribution in [3.05, 3.63) is 29.3 Å². The highest BCUT2D eigenvalue weighted by Crippen LogP contribution is 2.28. The fourth-order valence-corrected chi connectivity index (χ4v) is 1.71. The molecule has 0 saturated carbocycles. The van der Waals surface area contributed by atoms with E-state index < -0.39 is 0 Å². The first-order valence-electron chi connectivity index (χ1n) is 5.62. The Balaban J connectivity index is 3.05. The van der Waals surface area contributed by atoms with Crippen LogP contribution in [0, 0.1) is 5.41 Å². The SMILES string of the molecule is COC(=O)c1ccc(CC(C)(C)C)c(OC)c1. The molecule has 1 rings (SSSR count). The summed E-state index contributed by atoms with van der Waals surface area (Å²) in [7, 11) is 2.99. The average molecular weight is 236 g/mol. The molecule has 0 fully saturated rings. The third-order valence-corrected chi connectivity index (χ3v) is 2.43. The topological polar surface area (TPSA) is 35.5 Å². The molecule has 0 atom stereocenters. The molecule has 3 nitrogen and oxygen atoms in total. The summed E-state index contributed by atoms with van der Waals surface area (Å²) in [5.74, 6) is 0.397. The quantitative estimate of drug-likeness (QED) is 0.757. The molecule has 0 saturated heterocycles. The molecule has 0 bridgehead atoms. The Hall–Kier alpha value is -1.51. The Labute approximate surface area is 103 Å². The highest BCUT2D eigenvalue weighted by Gasteiger charge is 2.16. The van der Waals surface area contributed by atoms with Crippen LogP contribution in [0.4, 0.5) is 0 Å². The predicted octanol–water partition coefficient (Wildman–Crippen LogP) is 3.07. The minimum atomic E-state index is -0.342. The summed E-state index contributed by atoms with van der Waals surface area (Å²) in [4.78, 5) is 11.4. The summed E-state index contributed by atoms with van der Waals surface area (Å²) in [5, 5.41) is 0. The van der Waals surface area contributed by atoms with Crippen molar-refractivity contribution in [2.45, 2.75) is 27.2 Å². The van der Waals surface area contributed by atoms with E-state index in [1.54, 1.807) is 19.2 Å². The maximum absolute atomic E-state index is 11.4. The van der Waals surface area contributed by atoms with Gasteiger partial charge in [-0.1, -0.05) is 26.8 Å². The molecular weight excluding hydrogens is 216 g/mol. The summed E-state index contributed by atoms with van der Waals surface area (Å²) >= 11 is 0. The Kier molecular flexibility index (Phi) is 4.16. The zero-order valence-electron chi connectivity index (χ0n) is 11.2. The molecule has 0 heterocycles. The largest absolute Gasteiger partial charge is 0.496 e. The second-order valence-electron chi connectivity index (χ2n) is 5.26. The van der Waals surface area contributed by atoms with Gasteiger partial charge in [0.05, 0.1) is 19.8 Å². The van der Waals surface area contributed by atoms with Crippen LogP contribution in [0.15, 0.2) is 18.2 Å². The summed E-state index contributed by atoms with van der Waals surface area (Å²) in [6.45, 7) is 6.50. The van der Waals surface area contributed by atoms with Gasteiger partial charge in [-0.15, -0.1) is 0 Å². The summed E-state index contributed by atoms with van der Waals surface area (Å²) in [6, 6.07) is 5.43. The second kappa shape index (κ2) is 5.21. The van der Waals surface area contributed by atoms with E-state index in [2.05, 4.69) is 25.5 Å². The van der Waals surface area contributed by atoms with E-state index in [9.17, 15) is 4.79 Å². The van der Waals surface area contributed by atoms with Crippen LogP contribution in [0.3, 0.4) is 0 Å². The van der Waals surface area contributed by atoms with Crippen LogP contribution in [0.2, 0.25) is 0 Å². The molecule has 3 heteroatoms.